The van der Waals surface area contributed by atoms with Crippen LogP contribution in [0.2, 0.25) is 0 Å². The van der Waals surface area contributed by atoms with Gasteiger partial charge in [-0.1, -0.05) is 18.6 Å². The molecule has 0 atom stereocenters. The van der Waals surface area contributed by atoms with E-state index in [1.807, 2.05) is 42.5 Å². The van der Waals surface area contributed by atoms with E-state index in [-0.39, 0.29) is 5.91 Å². The third-order valence-corrected chi connectivity index (χ3v) is 5.61. The first kappa shape index (κ1) is 16.2. The number of rotatable bonds is 4. The van der Waals surface area contributed by atoms with Crippen LogP contribution >= 0.6 is 11.3 Å². The van der Waals surface area contributed by atoms with Crippen molar-refractivity contribution in [1.82, 2.24) is 9.88 Å². The Morgan fingerprint density at radius 3 is 2.56 bits per heavy atom. The molecule has 0 bridgehead atoms. The molecule has 4 rings (SSSR count). The highest BCUT2D eigenvalue weighted by Gasteiger charge is 2.14. The highest BCUT2D eigenvalue weighted by Crippen LogP contribution is 2.30. The van der Waals surface area contributed by atoms with Gasteiger partial charge in [0.25, 0.3) is 0 Å². The second-order valence-corrected chi connectivity index (χ2v) is 7.48. The van der Waals surface area contributed by atoms with E-state index < -0.39 is 0 Å². The number of hydrogen-bond donors (Lipinski definition) is 1. The maximum atomic E-state index is 12.2. The quantitative estimate of drug-likeness (QED) is 0.758. The van der Waals surface area contributed by atoms with E-state index in [9.17, 15) is 4.79 Å². The van der Waals surface area contributed by atoms with E-state index in [1.165, 1.54) is 24.0 Å². The molecule has 0 aliphatic carbocycles. The normalized spacial score (nSPS) is 15.4. The summed E-state index contributed by atoms with van der Waals surface area (Å²) >= 11 is 1.69. The SMILES string of the molecule is O=C(CN1CCCCC1)Nc1ccc(-c2nc3ccccc3s2)cc1. The fraction of sp³-hybridized carbons (Fsp3) is 0.300. The molecule has 2 heterocycles. The van der Waals surface area contributed by atoms with Crippen LogP contribution in [0.1, 0.15) is 19.3 Å². The molecule has 1 aliphatic rings. The number of nitrogens with one attached hydrogen (secondary N) is 1. The molecule has 1 amide bonds. The lowest BCUT2D eigenvalue weighted by atomic mass is 10.1. The number of benzene rings is 2. The average Bonchev–Trinajstić information content (AvgIpc) is 3.07. The number of anilines is 1. The molecule has 1 fully saturated rings. The van der Waals surface area contributed by atoms with Crippen LogP contribution in [0.4, 0.5) is 5.69 Å². The Labute approximate surface area is 151 Å². The Morgan fingerprint density at radius 2 is 1.80 bits per heavy atom. The van der Waals surface area contributed by atoms with E-state index in [4.69, 9.17) is 0 Å². The highest BCUT2D eigenvalue weighted by molar-refractivity contribution is 7.21. The molecular weight excluding hydrogens is 330 g/mol. The lowest BCUT2D eigenvalue weighted by Crippen LogP contribution is -2.36. The summed E-state index contributed by atoms with van der Waals surface area (Å²) in [5.41, 5.74) is 2.95. The number of nitrogens with zero attached hydrogens (tertiary/aromatic N) is 2. The van der Waals surface area contributed by atoms with Gasteiger partial charge in [0.05, 0.1) is 16.8 Å². The van der Waals surface area contributed by atoms with Gasteiger partial charge in [0.2, 0.25) is 5.91 Å². The summed E-state index contributed by atoms with van der Waals surface area (Å²) in [6, 6.07) is 16.1. The lowest BCUT2D eigenvalue weighted by molar-refractivity contribution is -0.117. The molecule has 0 unspecified atom stereocenters. The van der Waals surface area contributed by atoms with Gasteiger partial charge >= 0.3 is 0 Å². The molecular formula is C20H21N3OS. The molecule has 0 saturated carbocycles. The Kier molecular flexibility index (Phi) is 4.76. The van der Waals surface area contributed by atoms with Crippen LogP contribution in [0, 0.1) is 0 Å². The predicted octanol–water partition coefficient (Wildman–Crippen LogP) is 4.39. The number of aromatic nitrogens is 1. The maximum absolute atomic E-state index is 12.2. The van der Waals surface area contributed by atoms with Gasteiger partial charge in [0, 0.05) is 11.3 Å². The zero-order valence-electron chi connectivity index (χ0n) is 14.1. The van der Waals surface area contributed by atoms with Crippen LogP contribution in [-0.4, -0.2) is 35.4 Å². The molecule has 1 aliphatic heterocycles. The van der Waals surface area contributed by atoms with Crippen molar-refractivity contribution >= 4 is 33.1 Å². The Hall–Kier alpha value is -2.24. The van der Waals surface area contributed by atoms with Crippen molar-refractivity contribution in [2.45, 2.75) is 19.3 Å². The number of para-hydroxylation sites is 1. The van der Waals surface area contributed by atoms with Crippen molar-refractivity contribution in [3.8, 4) is 10.6 Å². The molecule has 25 heavy (non-hydrogen) atoms. The number of fused-ring (bicyclic) bond motifs is 1. The van der Waals surface area contributed by atoms with Crippen molar-refractivity contribution in [3.05, 3.63) is 48.5 Å². The Bertz CT molecular complexity index is 833. The van der Waals surface area contributed by atoms with E-state index >= 15 is 0 Å². The molecule has 0 radical (unpaired) electrons. The highest BCUT2D eigenvalue weighted by atomic mass is 32.1. The summed E-state index contributed by atoms with van der Waals surface area (Å²) in [6.45, 7) is 2.55. The maximum Gasteiger partial charge on any atom is 0.238 e. The van der Waals surface area contributed by atoms with Crippen LogP contribution < -0.4 is 5.32 Å². The van der Waals surface area contributed by atoms with Crippen LogP contribution in [0.15, 0.2) is 48.5 Å². The second kappa shape index (κ2) is 7.33. The molecule has 1 N–H and O–H groups in total. The molecule has 4 nitrogen and oxygen atoms in total. The Balaban J connectivity index is 1.41. The predicted molar refractivity (Wildman–Crippen MR) is 104 cm³/mol. The van der Waals surface area contributed by atoms with E-state index in [1.54, 1.807) is 11.3 Å². The van der Waals surface area contributed by atoms with Crippen molar-refractivity contribution in [3.63, 3.8) is 0 Å². The number of carbonyl (C=O) groups excluding carboxylic acids is 1. The first-order valence-electron chi connectivity index (χ1n) is 8.76. The largest absolute Gasteiger partial charge is 0.325 e. The molecule has 1 aromatic heterocycles. The third kappa shape index (κ3) is 3.89. The van der Waals surface area contributed by atoms with Gasteiger partial charge in [0.1, 0.15) is 5.01 Å². The number of amides is 1. The minimum Gasteiger partial charge on any atom is -0.325 e. The minimum absolute atomic E-state index is 0.0645. The molecule has 3 aromatic rings. The van der Waals surface area contributed by atoms with Crippen LogP contribution in [0.5, 0.6) is 0 Å². The summed E-state index contributed by atoms with van der Waals surface area (Å²) in [4.78, 5) is 19.1. The summed E-state index contributed by atoms with van der Waals surface area (Å²) in [7, 11) is 0. The fourth-order valence-electron chi connectivity index (χ4n) is 3.21. The molecule has 2 aromatic carbocycles. The zero-order valence-corrected chi connectivity index (χ0v) is 14.9. The molecule has 0 spiro atoms. The monoisotopic (exact) mass is 351 g/mol. The van der Waals surface area contributed by atoms with Gasteiger partial charge in [-0.15, -0.1) is 11.3 Å². The van der Waals surface area contributed by atoms with Crippen LogP contribution in [0.3, 0.4) is 0 Å². The molecule has 1 saturated heterocycles. The van der Waals surface area contributed by atoms with Gasteiger partial charge in [-0.25, -0.2) is 4.98 Å². The average molecular weight is 351 g/mol. The van der Waals surface area contributed by atoms with E-state index in [0.717, 1.165) is 34.9 Å². The fourth-order valence-corrected chi connectivity index (χ4v) is 4.18. The number of carbonyl (C=O) groups is 1. The van der Waals surface area contributed by atoms with Gasteiger partial charge in [0.15, 0.2) is 0 Å². The number of likely N-dealkylation sites (tertiary alicyclic amines) is 1. The number of hydrogen-bond acceptors (Lipinski definition) is 4. The van der Waals surface area contributed by atoms with Crippen molar-refractivity contribution in [1.29, 1.82) is 0 Å². The summed E-state index contributed by atoms with van der Waals surface area (Å²) in [5, 5.41) is 4.00. The number of piperidine rings is 1. The molecule has 5 heteroatoms. The van der Waals surface area contributed by atoms with Gasteiger partial charge in [-0.05, 0) is 62.3 Å². The van der Waals surface area contributed by atoms with Crippen molar-refractivity contribution < 1.29 is 4.79 Å². The minimum atomic E-state index is 0.0645. The zero-order chi connectivity index (χ0) is 17.1. The van der Waals surface area contributed by atoms with Gasteiger partial charge < -0.3 is 5.32 Å². The van der Waals surface area contributed by atoms with Gasteiger partial charge in [-0.3, -0.25) is 9.69 Å². The van der Waals surface area contributed by atoms with Crippen LogP contribution in [-0.2, 0) is 4.79 Å². The number of thiazole rings is 1. The van der Waals surface area contributed by atoms with Gasteiger partial charge in [-0.2, -0.15) is 0 Å². The first-order valence-corrected chi connectivity index (χ1v) is 9.58. The van der Waals surface area contributed by atoms with Crippen molar-refractivity contribution in [2.75, 3.05) is 25.0 Å². The van der Waals surface area contributed by atoms with Crippen molar-refractivity contribution in [2.24, 2.45) is 0 Å². The second-order valence-electron chi connectivity index (χ2n) is 6.45. The summed E-state index contributed by atoms with van der Waals surface area (Å²) < 4.78 is 1.19. The van der Waals surface area contributed by atoms with E-state index in [0.29, 0.717) is 6.54 Å². The summed E-state index contributed by atoms with van der Waals surface area (Å²) in [5.74, 6) is 0.0645. The smallest absolute Gasteiger partial charge is 0.238 e. The standard InChI is InChI=1S/C20H21N3OS/c24-19(14-23-12-4-1-5-13-23)21-16-10-8-15(9-11-16)20-22-17-6-2-3-7-18(17)25-20/h2-3,6-11H,1,4-5,12-14H2,(H,21,24). The van der Waals surface area contributed by atoms with Crippen LogP contribution in [0.25, 0.3) is 20.8 Å². The lowest BCUT2D eigenvalue weighted by Gasteiger charge is -2.25. The Morgan fingerprint density at radius 1 is 1.04 bits per heavy atom. The topological polar surface area (TPSA) is 45.2 Å². The van der Waals surface area contributed by atoms with E-state index in [2.05, 4.69) is 21.3 Å². The third-order valence-electron chi connectivity index (χ3n) is 4.53. The first-order chi connectivity index (χ1) is 12.3. The summed E-state index contributed by atoms with van der Waals surface area (Å²) in [6.07, 6.45) is 3.68. The molecule has 128 valence electrons.